The molecule has 1 saturated heterocycles. The minimum Gasteiger partial charge on any atom is -0.481 e. The van der Waals surface area contributed by atoms with Gasteiger partial charge in [-0.05, 0) is 31.9 Å². The Morgan fingerprint density at radius 2 is 2.15 bits per heavy atom. The fourth-order valence-corrected chi connectivity index (χ4v) is 3.74. The topological polar surface area (TPSA) is 40.5 Å². The zero-order chi connectivity index (χ0) is 14.4. The third kappa shape index (κ3) is 4.25. The zero-order valence-corrected chi connectivity index (χ0v) is 12.8. The summed E-state index contributed by atoms with van der Waals surface area (Å²) < 4.78 is 0. The first-order chi connectivity index (χ1) is 9.68. The molecule has 1 heterocycles. The van der Waals surface area contributed by atoms with Gasteiger partial charge in [0, 0.05) is 24.1 Å². The highest BCUT2D eigenvalue weighted by Gasteiger charge is 2.32. The summed E-state index contributed by atoms with van der Waals surface area (Å²) in [5.74, 6) is 1.26. The lowest BCUT2D eigenvalue weighted by Crippen LogP contribution is -2.47. The number of carboxylic acids is 1. The molecular formula is C16H23NO2S. The Balaban J connectivity index is 1.72. The Labute approximate surface area is 125 Å². The molecule has 3 nitrogen and oxygen atoms in total. The van der Waals surface area contributed by atoms with Crippen LogP contribution in [0.3, 0.4) is 0 Å². The van der Waals surface area contributed by atoms with Crippen molar-refractivity contribution < 1.29 is 9.90 Å². The number of piperidine rings is 1. The van der Waals surface area contributed by atoms with Gasteiger partial charge in [-0.2, -0.15) is 11.8 Å². The summed E-state index contributed by atoms with van der Waals surface area (Å²) in [7, 11) is 0. The van der Waals surface area contributed by atoms with Crippen molar-refractivity contribution in [2.24, 2.45) is 5.92 Å². The molecule has 0 saturated carbocycles. The summed E-state index contributed by atoms with van der Waals surface area (Å²) >= 11 is 1.92. The van der Waals surface area contributed by atoms with E-state index in [2.05, 4.69) is 36.1 Å². The van der Waals surface area contributed by atoms with E-state index in [4.69, 9.17) is 0 Å². The van der Waals surface area contributed by atoms with Gasteiger partial charge in [0.25, 0.3) is 0 Å². The summed E-state index contributed by atoms with van der Waals surface area (Å²) in [5, 5.41) is 9.21. The van der Waals surface area contributed by atoms with Gasteiger partial charge in [-0.15, -0.1) is 0 Å². The van der Waals surface area contributed by atoms with Gasteiger partial charge < -0.3 is 5.11 Å². The maximum atomic E-state index is 11.2. The van der Waals surface area contributed by atoms with E-state index < -0.39 is 5.97 Å². The molecule has 4 heteroatoms. The standard InChI is InChI=1S/C16H23NO2S/c1-13-15(16(18)19)8-5-9-17(13)10-11-20-12-14-6-3-2-4-7-14/h2-4,6-7,13,15H,5,8-12H2,1H3,(H,18,19)/t13-,15-/m1/s1. The van der Waals surface area contributed by atoms with E-state index >= 15 is 0 Å². The number of benzene rings is 1. The lowest BCUT2D eigenvalue weighted by molar-refractivity contribution is -0.145. The Hall–Kier alpha value is -1.00. The maximum absolute atomic E-state index is 11.2. The van der Waals surface area contributed by atoms with Gasteiger partial charge in [0.1, 0.15) is 0 Å². The number of carbonyl (C=O) groups is 1. The maximum Gasteiger partial charge on any atom is 0.308 e. The first kappa shape index (κ1) is 15.4. The second kappa shape index (κ2) is 7.70. The normalized spacial score (nSPS) is 23.6. The van der Waals surface area contributed by atoms with Crippen LogP contribution in [0, 0.1) is 5.92 Å². The fraction of sp³-hybridized carbons (Fsp3) is 0.562. The molecule has 1 aromatic carbocycles. The van der Waals surface area contributed by atoms with E-state index in [0.717, 1.165) is 37.4 Å². The molecule has 2 atom stereocenters. The number of hydrogen-bond acceptors (Lipinski definition) is 3. The molecule has 0 amide bonds. The van der Waals surface area contributed by atoms with Crippen molar-refractivity contribution in [2.45, 2.75) is 31.6 Å². The number of likely N-dealkylation sites (tertiary alicyclic amines) is 1. The summed E-state index contributed by atoms with van der Waals surface area (Å²) in [6.07, 6.45) is 1.83. The van der Waals surface area contributed by atoms with E-state index in [1.165, 1.54) is 5.56 Å². The summed E-state index contributed by atoms with van der Waals surface area (Å²) in [4.78, 5) is 13.5. The van der Waals surface area contributed by atoms with Crippen molar-refractivity contribution in [1.29, 1.82) is 0 Å². The van der Waals surface area contributed by atoms with E-state index in [0.29, 0.717) is 0 Å². The van der Waals surface area contributed by atoms with Gasteiger partial charge in [-0.25, -0.2) is 0 Å². The van der Waals surface area contributed by atoms with Gasteiger partial charge in [0.15, 0.2) is 0 Å². The summed E-state index contributed by atoms with van der Waals surface area (Å²) in [5.41, 5.74) is 1.35. The lowest BCUT2D eigenvalue weighted by atomic mass is 9.90. The van der Waals surface area contributed by atoms with Crippen molar-refractivity contribution in [3.63, 3.8) is 0 Å². The van der Waals surface area contributed by atoms with Crippen LogP contribution in [0.5, 0.6) is 0 Å². The fourth-order valence-electron chi connectivity index (χ4n) is 2.80. The van der Waals surface area contributed by atoms with E-state index in [-0.39, 0.29) is 12.0 Å². The molecule has 1 aliphatic heterocycles. The first-order valence-electron chi connectivity index (χ1n) is 7.27. The highest BCUT2D eigenvalue weighted by atomic mass is 32.2. The quantitative estimate of drug-likeness (QED) is 0.818. The van der Waals surface area contributed by atoms with E-state index in [1.807, 2.05) is 17.8 Å². The molecule has 0 unspecified atom stereocenters. The van der Waals surface area contributed by atoms with Crippen LogP contribution in [-0.2, 0) is 10.5 Å². The predicted molar refractivity (Wildman–Crippen MR) is 84.0 cm³/mol. The monoisotopic (exact) mass is 293 g/mol. The van der Waals surface area contributed by atoms with Gasteiger partial charge >= 0.3 is 5.97 Å². The molecule has 0 spiro atoms. The van der Waals surface area contributed by atoms with Gasteiger partial charge in [-0.3, -0.25) is 9.69 Å². The SMILES string of the molecule is C[C@@H]1[C@H](C(=O)O)CCCN1CCSCc1ccccc1. The predicted octanol–water partition coefficient (Wildman–Crippen LogP) is 3.10. The van der Waals surface area contributed by atoms with Crippen LogP contribution in [0.25, 0.3) is 0 Å². The molecule has 1 aliphatic rings. The number of carboxylic acid groups (broad SMARTS) is 1. The molecule has 110 valence electrons. The molecule has 1 fully saturated rings. The largest absolute Gasteiger partial charge is 0.481 e. The Kier molecular flexibility index (Phi) is 5.92. The van der Waals surface area contributed by atoms with Crippen molar-refractivity contribution in [1.82, 2.24) is 4.90 Å². The van der Waals surface area contributed by atoms with Crippen molar-refractivity contribution in [3.8, 4) is 0 Å². The van der Waals surface area contributed by atoms with Crippen LogP contribution in [0.1, 0.15) is 25.3 Å². The van der Waals surface area contributed by atoms with Crippen LogP contribution in [0.2, 0.25) is 0 Å². The molecule has 0 bridgehead atoms. The smallest absolute Gasteiger partial charge is 0.308 e. The summed E-state index contributed by atoms with van der Waals surface area (Å²) in [6, 6.07) is 10.6. The molecule has 0 radical (unpaired) electrons. The highest BCUT2D eigenvalue weighted by molar-refractivity contribution is 7.98. The third-order valence-electron chi connectivity index (χ3n) is 4.07. The van der Waals surface area contributed by atoms with Crippen LogP contribution in [0.15, 0.2) is 30.3 Å². The Morgan fingerprint density at radius 3 is 2.85 bits per heavy atom. The molecule has 0 aromatic heterocycles. The van der Waals surface area contributed by atoms with Crippen molar-refractivity contribution in [3.05, 3.63) is 35.9 Å². The number of thioether (sulfide) groups is 1. The summed E-state index contributed by atoms with van der Waals surface area (Å²) in [6.45, 7) is 4.08. The van der Waals surface area contributed by atoms with Crippen LogP contribution < -0.4 is 0 Å². The minimum absolute atomic E-state index is 0.165. The van der Waals surface area contributed by atoms with Gasteiger partial charge in [-0.1, -0.05) is 30.3 Å². The molecule has 1 N–H and O–H groups in total. The third-order valence-corrected chi connectivity index (χ3v) is 5.08. The molecule has 1 aromatic rings. The van der Waals surface area contributed by atoms with Crippen molar-refractivity contribution >= 4 is 17.7 Å². The average molecular weight is 293 g/mol. The number of nitrogens with zero attached hydrogens (tertiary/aromatic N) is 1. The second-order valence-electron chi connectivity index (χ2n) is 5.40. The lowest BCUT2D eigenvalue weighted by Gasteiger charge is -2.37. The van der Waals surface area contributed by atoms with Gasteiger partial charge in [0.2, 0.25) is 0 Å². The van der Waals surface area contributed by atoms with Crippen LogP contribution in [0.4, 0.5) is 0 Å². The van der Waals surface area contributed by atoms with Gasteiger partial charge in [0.05, 0.1) is 5.92 Å². The molecule has 2 rings (SSSR count). The van der Waals surface area contributed by atoms with Crippen LogP contribution >= 0.6 is 11.8 Å². The Bertz CT molecular complexity index is 424. The van der Waals surface area contributed by atoms with E-state index in [9.17, 15) is 9.90 Å². The second-order valence-corrected chi connectivity index (χ2v) is 6.51. The number of hydrogen-bond donors (Lipinski definition) is 1. The minimum atomic E-state index is -0.640. The number of rotatable bonds is 6. The molecule has 20 heavy (non-hydrogen) atoms. The van der Waals surface area contributed by atoms with Crippen LogP contribution in [-0.4, -0.2) is 40.9 Å². The van der Waals surface area contributed by atoms with Crippen molar-refractivity contribution in [2.75, 3.05) is 18.8 Å². The highest BCUT2D eigenvalue weighted by Crippen LogP contribution is 2.24. The average Bonchev–Trinajstić information content (AvgIpc) is 2.46. The first-order valence-corrected chi connectivity index (χ1v) is 8.42. The molecule has 0 aliphatic carbocycles. The molecular weight excluding hydrogens is 270 g/mol. The van der Waals surface area contributed by atoms with E-state index in [1.54, 1.807) is 0 Å². The number of aliphatic carboxylic acids is 1. The Morgan fingerprint density at radius 1 is 1.40 bits per heavy atom. The zero-order valence-electron chi connectivity index (χ0n) is 12.0.